The smallest absolute Gasteiger partial charge is 0.347 e. The number of nitrogens with one attached hydrogen (secondary N) is 1. The number of nitrogens with two attached hydrogens (primary N) is 1. The second-order valence-corrected chi connectivity index (χ2v) is 4.61. The van der Waals surface area contributed by atoms with Gasteiger partial charge in [0.15, 0.2) is 5.82 Å². The molecule has 0 bridgehead atoms. The van der Waals surface area contributed by atoms with E-state index in [0.717, 1.165) is 5.75 Å². The number of H-pyrrole nitrogens is 1. The Hall–Kier alpha value is -2.08. The van der Waals surface area contributed by atoms with E-state index in [4.69, 9.17) is 10.5 Å². The first-order valence-corrected chi connectivity index (χ1v) is 5.54. The van der Waals surface area contributed by atoms with Crippen LogP contribution in [0.15, 0.2) is 29.1 Å². The fourth-order valence-electron chi connectivity index (χ4n) is 1.70. The van der Waals surface area contributed by atoms with Crippen molar-refractivity contribution >= 4 is 0 Å². The summed E-state index contributed by atoms with van der Waals surface area (Å²) in [6.45, 7) is 3.59. The second kappa shape index (κ2) is 4.30. The minimum absolute atomic E-state index is 0.311. The molecule has 6 heteroatoms. The number of methoxy groups -OCH3 is 1. The van der Waals surface area contributed by atoms with E-state index in [1.54, 1.807) is 45.2 Å². The highest BCUT2D eigenvalue weighted by atomic mass is 16.5. The molecule has 0 unspecified atom stereocenters. The summed E-state index contributed by atoms with van der Waals surface area (Å²) >= 11 is 0. The molecule has 0 amide bonds. The zero-order valence-corrected chi connectivity index (χ0v) is 10.6. The monoisotopic (exact) mass is 248 g/mol. The quantitative estimate of drug-likeness (QED) is 0.839. The summed E-state index contributed by atoms with van der Waals surface area (Å²) < 4.78 is 6.54. The summed E-state index contributed by atoms with van der Waals surface area (Å²) in [5, 5.41) is 6.39. The fraction of sp³-hybridized carbons (Fsp3) is 0.333. The summed E-state index contributed by atoms with van der Waals surface area (Å²) in [6.07, 6.45) is 0. The molecule has 0 aliphatic rings. The van der Waals surface area contributed by atoms with Gasteiger partial charge in [-0.15, -0.1) is 0 Å². The zero-order valence-electron chi connectivity index (χ0n) is 10.6. The largest absolute Gasteiger partial charge is 0.497 e. The number of hydrogen-bond donors (Lipinski definition) is 2. The lowest BCUT2D eigenvalue weighted by atomic mass is 10.1. The van der Waals surface area contributed by atoms with Gasteiger partial charge in [0.1, 0.15) is 5.75 Å². The number of rotatable bonds is 3. The topological polar surface area (TPSA) is 85.9 Å². The molecule has 96 valence electrons. The number of benzene rings is 1. The molecular weight excluding hydrogens is 232 g/mol. The van der Waals surface area contributed by atoms with Crippen LogP contribution in [-0.4, -0.2) is 21.9 Å². The van der Waals surface area contributed by atoms with Crippen LogP contribution in [0.1, 0.15) is 19.7 Å². The van der Waals surface area contributed by atoms with E-state index in [-0.39, 0.29) is 5.69 Å². The van der Waals surface area contributed by atoms with Crippen LogP contribution in [0.3, 0.4) is 0 Å². The Bertz CT molecular complexity index is 590. The van der Waals surface area contributed by atoms with Crippen LogP contribution < -0.4 is 16.2 Å². The van der Waals surface area contributed by atoms with Crippen molar-refractivity contribution in [1.82, 2.24) is 14.8 Å². The normalized spacial score (nSPS) is 11.6. The molecule has 0 radical (unpaired) electrons. The summed E-state index contributed by atoms with van der Waals surface area (Å²) in [6, 6.07) is 7.13. The average Bonchev–Trinajstić information content (AvgIpc) is 2.71. The predicted molar refractivity (Wildman–Crippen MR) is 68.0 cm³/mol. The van der Waals surface area contributed by atoms with Crippen molar-refractivity contribution in [2.75, 3.05) is 7.11 Å². The first-order chi connectivity index (χ1) is 8.43. The number of aromatic nitrogens is 3. The van der Waals surface area contributed by atoms with Crippen molar-refractivity contribution in [2.24, 2.45) is 5.73 Å². The maximum Gasteiger partial charge on any atom is 0.347 e. The number of aromatic amines is 1. The van der Waals surface area contributed by atoms with Gasteiger partial charge in [-0.1, -0.05) is 0 Å². The van der Waals surface area contributed by atoms with E-state index < -0.39 is 5.54 Å². The molecule has 0 atom stereocenters. The molecule has 0 aliphatic heterocycles. The van der Waals surface area contributed by atoms with E-state index in [0.29, 0.717) is 11.5 Å². The van der Waals surface area contributed by atoms with Crippen LogP contribution in [0, 0.1) is 0 Å². The maximum absolute atomic E-state index is 11.8. The molecule has 1 aromatic heterocycles. The van der Waals surface area contributed by atoms with Gasteiger partial charge in [-0.2, -0.15) is 5.10 Å². The Labute approximate surface area is 104 Å². The highest BCUT2D eigenvalue weighted by molar-refractivity contribution is 5.38. The van der Waals surface area contributed by atoms with Crippen molar-refractivity contribution in [3.8, 4) is 11.4 Å². The second-order valence-electron chi connectivity index (χ2n) is 4.61. The molecule has 0 spiro atoms. The highest BCUT2D eigenvalue weighted by Crippen LogP contribution is 2.18. The number of ether oxygens (including phenoxy) is 1. The van der Waals surface area contributed by atoms with Crippen LogP contribution in [0.2, 0.25) is 0 Å². The lowest BCUT2D eigenvalue weighted by Gasteiger charge is -2.18. The molecule has 0 saturated heterocycles. The predicted octanol–water partition coefficient (Wildman–Crippen LogP) is 0.763. The van der Waals surface area contributed by atoms with Crippen molar-refractivity contribution in [3.63, 3.8) is 0 Å². The van der Waals surface area contributed by atoms with Gasteiger partial charge in [0.25, 0.3) is 0 Å². The molecule has 3 N–H and O–H groups in total. The SMILES string of the molecule is COc1ccc(-n2c(C(C)(C)N)n[nH]c2=O)cc1. The Morgan fingerprint density at radius 3 is 2.44 bits per heavy atom. The Balaban J connectivity index is 2.56. The lowest BCUT2D eigenvalue weighted by molar-refractivity contribution is 0.414. The summed E-state index contributed by atoms with van der Waals surface area (Å²) in [5.74, 6) is 1.21. The molecule has 1 aromatic carbocycles. The Morgan fingerprint density at radius 1 is 1.33 bits per heavy atom. The van der Waals surface area contributed by atoms with Gasteiger partial charge < -0.3 is 10.5 Å². The molecule has 2 aromatic rings. The zero-order chi connectivity index (χ0) is 13.3. The molecular formula is C12H16N4O2. The minimum atomic E-state index is -0.709. The summed E-state index contributed by atoms with van der Waals surface area (Å²) in [5.41, 5.74) is 5.67. The van der Waals surface area contributed by atoms with Gasteiger partial charge in [-0.3, -0.25) is 0 Å². The van der Waals surface area contributed by atoms with Gasteiger partial charge in [0.2, 0.25) is 0 Å². The van der Waals surface area contributed by atoms with E-state index in [2.05, 4.69) is 10.2 Å². The van der Waals surface area contributed by atoms with Gasteiger partial charge in [-0.25, -0.2) is 14.5 Å². The van der Waals surface area contributed by atoms with Crippen LogP contribution >= 0.6 is 0 Å². The van der Waals surface area contributed by atoms with Crippen molar-refractivity contribution < 1.29 is 4.74 Å². The van der Waals surface area contributed by atoms with Crippen LogP contribution in [0.25, 0.3) is 5.69 Å². The van der Waals surface area contributed by atoms with E-state index in [1.165, 1.54) is 4.57 Å². The maximum atomic E-state index is 11.8. The van der Waals surface area contributed by atoms with Gasteiger partial charge in [-0.05, 0) is 38.1 Å². The number of hydrogen-bond acceptors (Lipinski definition) is 4. The molecule has 1 heterocycles. The summed E-state index contributed by atoms with van der Waals surface area (Å²) in [4.78, 5) is 11.8. The number of nitrogens with zero attached hydrogens (tertiary/aromatic N) is 2. The van der Waals surface area contributed by atoms with Gasteiger partial charge in [0.05, 0.1) is 18.3 Å². The Kier molecular flexibility index (Phi) is 2.96. The third-order valence-electron chi connectivity index (χ3n) is 2.58. The molecule has 0 saturated carbocycles. The standard InChI is InChI=1S/C12H16N4O2/c1-12(2,13)10-14-15-11(17)16(10)8-4-6-9(18-3)7-5-8/h4-7H,13H2,1-3H3,(H,15,17). The van der Waals surface area contributed by atoms with Crippen LogP contribution in [0.5, 0.6) is 5.75 Å². The Morgan fingerprint density at radius 2 is 1.94 bits per heavy atom. The first kappa shape index (κ1) is 12.4. The molecule has 0 fully saturated rings. The third kappa shape index (κ3) is 2.14. The molecule has 2 rings (SSSR count). The fourth-order valence-corrected chi connectivity index (χ4v) is 1.70. The minimum Gasteiger partial charge on any atom is -0.497 e. The summed E-state index contributed by atoms with van der Waals surface area (Å²) in [7, 11) is 1.59. The van der Waals surface area contributed by atoms with Gasteiger partial charge in [0, 0.05) is 0 Å². The third-order valence-corrected chi connectivity index (χ3v) is 2.58. The van der Waals surface area contributed by atoms with E-state index >= 15 is 0 Å². The van der Waals surface area contributed by atoms with Crippen LogP contribution in [0.4, 0.5) is 0 Å². The van der Waals surface area contributed by atoms with Crippen molar-refractivity contribution in [1.29, 1.82) is 0 Å². The van der Waals surface area contributed by atoms with Crippen molar-refractivity contribution in [2.45, 2.75) is 19.4 Å². The highest BCUT2D eigenvalue weighted by Gasteiger charge is 2.23. The molecule has 18 heavy (non-hydrogen) atoms. The van der Waals surface area contributed by atoms with E-state index in [9.17, 15) is 4.79 Å². The first-order valence-electron chi connectivity index (χ1n) is 5.54. The molecule has 6 nitrogen and oxygen atoms in total. The van der Waals surface area contributed by atoms with Gasteiger partial charge >= 0.3 is 5.69 Å². The average molecular weight is 248 g/mol. The lowest BCUT2D eigenvalue weighted by Crippen LogP contribution is -2.34. The van der Waals surface area contributed by atoms with Crippen molar-refractivity contribution in [3.05, 3.63) is 40.6 Å². The molecule has 0 aliphatic carbocycles. The van der Waals surface area contributed by atoms with E-state index in [1.807, 2.05) is 0 Å². The van der Waals surface area contributed by atoms with Crippen LogP contribution in [-0.2, 0) is 5.54 Å².